The Hall–Kier alpha value is -2.30. The molecule has 0 fully saturated rings. The molecule has 0 saturated carbocycles. The number of hydrogen-bond donors (Lipinski definition) is 0. The van der Waals surface area contributed by atoms with E-state index in [9.17, 15) is 10.1 Å². The molecule has 5 heteroatoms. The van der Waals surface area contributed by atoms with E-state index in [1.807, 2.05) is 29.1 Å². The maximum absolute atomic E-state index is 10.8. The van der Waals surface area contributed by atoms with Gasteiger partial charge in [0, 0.05) is 25.0 Å². The number of non-ortho nitro benzene ring substituents is 1. The van der Waals surface area contributed by atoms with Gasteiger partial charge in [-0.15, -0.1) is 0 Å². The van der Waals surface area contributed by atoms with Gasteiger partial charge in [0.2, 0.25) is 0 Å². The minimum absolute atomic E-state index is 0.0477. The molecule has 5 nitrogen and oxygen atoms in total. The summed E-state index contributed by atoms with van der Waals surface area (Å²) in [7, 11) is 1.50. The molecule has 0 aliphatic rings. The molecule has 0 atom stereocenters. The summed E-state index contributed by atoms with van der Waals surface area (Å²) < 4.78 is 6.99. The SMILES string of the molecule is COc1cc(Cn2cccc2)cc([N+](=O)[O-])c1. The lowest BCUT2D eigenvalue weighted by Gasteiger charge is -2.06. The Kier molecular flexibility index (Phi) is 3.09. The van der Waals surface area contributed by atoms with Crippen LogP contribution in [0, 0.1) is 10.1 Å². The van der Waals surface area contributed by atoms with E-state index >= 15 is 0 Å². The monoisotopic (exact) mass is 232 g/mol. The number of hydrogen-bond acceptors (Lipinski definition) is 3. The molecule has 1 aromatic heterocycles. The maximum Gasteiger partial charge on any atom is 0.273 e. The van der Waals surface area contributed by atoms with Gasteiger partial charge in [-0.1, -0.05) is 0 Å². The number of nitro benzene ring substituents is 1. The van der Waals surface area contributed by atoms with Crippen molar-refractivity contribution in [3.05, 3.63) is 58.4 Å². The summed E-state index contributed by atoms with van der Waals surface area (Å²) in [5.74, 6) is 0.501. The van der Waals surface area contributed by atoms with E-state index in [0.29, 0.717) is 12.3 Å². The zero-order valence-corrected chi connectivity index (χ0v) is 9.37. The van der Waals surface area contributed by atoms with Crippen LogP contribution in [0.3, 0.4) is 0 Å². The van der Waals surface area contributed by atoms with Gasteiger partial charge in [-0.2, -0.15) is 0 Å². The molecule has 0 N–H and O–H groups in total. The number of methoxy groups -OCH3 is 1. The van der Waals surface area contributed by atoms with Crippen LogP contribution in [0.2, 0.25) is 0 Å². The summed E-state index contributed by atoms with van der Waals surface area (Å²) in [6.07, 6.45) is 3.82. The van der Waals surface area contributed by atoms with Crippen molar-refractivity contribution in [3.8, 4) is 5.75 Å². The van der Waals surface area contributed by atoms with Crippen LogP contribution in [0.5, 0.6) is 5.75 Å². The zero-order valence-electron chi connectivity index (χ0n) is 9.37. The summed E-state index contributed by atoms with van der Waals surface area (Å²) in [6.45, 7) is 0.588. The average molecular weight is 232 g/mol. The fraction of sp³-hybridized carbons (Fsp3) is 0.167. The van der Waals surface area contributed by atoms with Crippen molar-refractivity contribution in [2.45, 2.75) is 6.54 Å². The molecule has 88 valence electrons. The summed E-state index contributed by atoms with van der Waals surface area (Å²) in [5, 5.41) is 10.8. The third-order valence-electron chi connectivity index (χ3n) is 2.43. The smallest absolute Gasteiger partial charge is 0.273 e. The number of ether oxygens (including phenoxy) is 1. The summed E-state index contributed by atoms with van der Waals surface area (Å²) in [4.78, 5) is 10.4. The number of nitro groups is 1. The largest absolute Gasteiger partial charge is 0.496 e. The normalized spacial score (nSPS) is 10.2. The highest BCUT2D eigenvalue weighted by molar-refractivity contribution is 5.42. The van der Waals surface area contributed by atoms with Crippen LogP contribution in [0.1, 0.15) is 5.56 Å². The van der Waals surface area contributed by atoms with Crippen LogP contribution >= 0.6 is 0 Å². The van der Waals surface area contributed by atoms with Crippen molar-refractivity contribution in [1.82, 2.24) is 4.57 Å². The summed E-state index contributed by atoms with van der Waals surface area (Å²) in [5.41, 5.74) is 0.888. The highest BCUT2D eigenvalue weighted by Gasteiger charge is 2.10. The topological polar surface area (TPSA) is 57.3 Å². The van der Waals surface area contributed by atoms with Crippen LogP contribution in [0.25, 0.3) is 0 Å². The first kappa shape index (κ1) is 11.2. The van der Waals surface area contributed by atoms with Gasteiger partial charge in [0.05, 0.1) is 18.1 Å². The van der Waals surface area contributed by atoms with Gasteiger partial charge in [-0.05, 0) is 23.8 Å². The molecule has 0 radical (unpaired) electrons. The van der Waals surface area contributed by atoms with E-state index in [-0.39, 0.29) is 5.69 Å². The van der Waals surface area contributed by atoms with Gasteiger partial charge < -0.3 is 9.30 Å². The van der Waals surface area contributed by atoms with Crippen molar-refractivity contribution >= 4 is 5.69 Å². The number of benzene rings is 1. The van der Waals surface area contributed by atoms with Gasteiger partial charge in [0.1, 0.15) is 5.75 Å². The second-order valence-corrected chi connectivity index (χ2v) is 3.65. The van der Waals surface area contributed by atoms with E-state index in [4.69, 9.17) is 4.74 Å². The Bertz CT molecular complexity index is 521. The van der Waals surface area contributed by atoms with Gasteiger partial charge in [0.15, 0.2) is 0 Å². The number of nitrogens with zero attached hydrogens (tertiary/aromatic N) is 2. The van der Waals surface area contributed by atoms with E-state index in [1.54, 1.807) is 12.1 Å². The first-order chi connectivity index (χ1) is 8.19. The molecule has 0 aliphatic heterocycles. The number of aromatic nitrogens is 1. The van der Waals surface area contributed by atoms with Crippen LogP contribution in [0.4, 0.5) is 5.69 Å². The van der Waals surface area contributed by atoms with Crippen LogP contribution in [-0.4, -0.2) is 16.6 Å². The standard InChI is InChI=1S/C12H12N2O3/c1-17-12-7-10(6-11(8-12)14(15)16)9-13-4-2-3-5-13/h2-8H,9H2,1H3. The van der Waals surface area contributed by atoms with Crippen molar-refractivity contribution < 1.29 is 9.66 Å². The van der Waals surface area contributed by atoms with Gasteiger partial charge in [-0.25, -0.2) is 0 Å². The Balaban J connectivity index is 2.33. The lowest BCUT2D eigenvalue weighted by molar-refractivity contribution is -0.385. The fourth-order valence-electron chi connectivity index (χ4n) is 1.64. The van der Waals surface area contributed by atoms with Crippen molar-refractivity contribution in [1.29, 1.82) is 0 Å². The maximum atomic E-state index is 10.8. The third kappa shape index (κ3) is 2.63. The Labute approximate surface area is 98.4 Å². The lowest BCUT2D eigenvalue weighted by atomic mass is 10.2. The zero-order chi connectivity index (χ0) is 12.3. The van der Waals surface area contributed by atoms with Crippen molar-refractivity contribution in [3.63, 3.8) is 0 Å². The first-order valence-electron chi connectivity index (χ1n) is 5.12. The fourth-order valence-corrected chi connectivity index (χ4v) is 1.64. The van der Waals surface area contributed by atoms with Crippen molar-refractivity contribution in [2.75, 3.05) is 7.11 Å². The van der Waals surface area contributed by atoms with Crippen LogP contribution < -0.4 is 4.74 Å². The molecule has 17 heavy (non-hydrogen) atoms. The highest BCUT2D eigenvalue weighted by Crippen LogP contribution is 2.23. The van der Waals surface area contributed by atoms with E-state index < -0.39 is 4.92 Å². The second-order valence-electron chi connectivity index (χ2n) is 3.65. The molecule has 0 saturated heterocycles. The predicted molar refractivity (Wildman–Crippen MR) is 63.2 cm³/mol. The second kappa shape index (κ2) is 4.69. The molecule has 1 aromatic carbocycles. The molecule has 2 rings (SSSR count). The molecule has 0 amide bonds. The molecule has 0 spiro atoms. The predicted octanol–water partition coefficient (Wildman–Crippen LogP) is 2.45. The van der Waals surface area contributed by atoms with Gasteiger partial charge >= 0.3 is 0 Å². The van der Waals surface area contributed by atoms with Crippen molar-refractivity contribution in [2.24, 2.45) is 0 Å². The molecular weight excluding hydrogens is 220 g/mol. The molecular formula is C12H12N2O3. The van der Waals surface area contributed by atoms with Crippen LogP contribution in [-0.2, 0) is 6.54 Å². The van der Waals surface area contributed by atoms with E-state index in [0.717, 1.165) is 5.56 Å². The minimum Gasteiger partial charge on any atom is -0.496 e. The third-order valence-corrected chi connectivity index (χ3v) is 2.43. The van der Waals surface area contributed by atoms with E-state index in [1.165, 1.54) is 13.2 Å². The van der Waals surface area contributed by atoms with Crippen LogP contribution in [0.15, 0.2) is 42.7 Å². The average Bonchev–Trinajstić information content (AvgIpc) is 2.81. The molecule has 1 heterocycles. The Morgan fingerprint density at radius 1 is 1.29 bits per heavy atom. The van der Waals surface area contributed by atoms with E-state index in [2.05, 4.69) is 0 Å². The summed E-state index contributed by atoms with van der Waals surface area (Å²) in [6, 6.07) is 8.60. The molecule has 0 aliphatic carbocycles. The minimum atomic E-state index is -0.415. The molecule has 2 aromatic rings. The molecule has 0 unspecified atom stereocenters. The summed E-state index contributed by atoms with van der Waals surface area (Å²) >= 11 is 0. The quantitative estimate of drug-likeness (QED) is 0.601. The first-order valence-corrected chi connectivity index (χ1v) is 5.12. The lowest BCUT2D eigenvalue weighted by Crippen LogP contribution is -1.98. The van der Waals surface area contributed by atoms with Gasteiger partial charge in [0.25, 0.3) is 5.69 Å². The Morgan fingerprint density at radius 2 is 2.00 bits per heavy atom. The molecule has 0 bridgehead atoms. The number of rotatable bonds is 4. The van der Waals surface area contributed by atoms with Gasteiger partial charge in [-0.3, -0.25) is 10.1 Å². The Morgan fingerprint density at radius 3 is 2.59 bits per heavy atom. The highest BCUT2D eigenvalue weighted by atomic mass is 16.6.